The molecule has 0 aromatic carbocycles. The molecule has 0 saturated carbocycles. The van der Waals surface area contributed by atoms with Crippen molar-refractivity contribution >= 4 is 16.7 Å². The molecule has 0 fully saturated rings. The Labute approximate surface area is 54.1 Å². The summed E-state index contributed by atoms with van der Waals surface area (Å²) in [4.78, 5) is 3.62. The summed E-state index contributed by atoms with van der Waals surface area (Å²) in [5.74, 6) is 0.125. The van der Waals surface area contributed by atoms with Crippen LogP contribution in [0.2, 0.25) is 0 Å². The smallest absolute Gasteiger partial charge is 0.240 e. The van der Waals surface area contributed by atoms with Gasteiger partial charge in [0.25, 0.3) is 0 Å². The third-order valence-electron chi connectivity index (χ3n) is 0.754. The maximum Gasteiger partial charge on any atom is 0.240 e. The fourth-order valence-electron chi connectivity index (χ4n) is 0.388. The van der Waals surface area contributed by atoms with Crippen LogP contribution in [0.4, 0.5) is 5.95 Å². The number of hydrogen-bond donors (Lipinski definition) is 2. The second-order valence-corrected chi connectivity index (χ2v) is 2.75. The van der Waals surface area contributed by atoms with E-state index in [-0.39, 0.29) is 5.95 Å². The number of anilines is 1. The van der Waals surface area contributed by atoms with Gasteiger partial charge >= 0.3 is 0 Å². The summed E-state index contributed by atoms with van der Waals surface area (Å²) in [5, 5.41) is 6.22. The van der Waals surface area contributed by atoms with E-state index in [1.54, 1.807) is 0 Å². The van der Waals surface area contributed by atoms with Gasteiger partial charge in [-0.1, -0.05) is 0 Å². The Morgan fingerprint density at radius 1 is 1.78 bits per heavy atom. The minimum Gasteiger partial charge on any atom is -0.366 e. The highest BCUT2D eigenvalue weighted by Crippen LogP contribution is 1.95. The van der Waals surface area contributed by atoms with Gasteiger partial charge in [-0.2, -0.15) is 4.98 Å². The summed E-state index contributed by atoms with van der Waals surface area (Å²) in [6.45, 7) is 0. The van der Waals surface area contributed by atoms with Gasteiger partial charge in [-0.05, 0) is 0 Å². The average molecular weight is 146 g/mol. The van der Waals surface area contributed by atoms with E-state index in [1.807, 2.05) is 0 Å². The molecule has 1 aromatic heterocycles. The maximum atomic E-state index is 10.6. The Hall–Kier alpha value is -0.910. The summed E-state index contributed by atoms with van der Waals surface area (Å²) in [6, 6.07) is 0. The SMILES string of the molecule is C[S@@](=O)c1nc(N)n[nH]1. The molecule has 0 spiro atoms. The normalized spacial score (nSPS) is 13.4. The summed E-state index contributed by atoms with van der Waals surface area (Å²) < 4.78 is 10.6. The van der Waals surface area contributed by atoms with Crippen molar-refractivity contribution < 1.29 is 4.21 Å². The number of aromatic amines is 1. The first-order valence-corrected chi connectivity index (χ1v) is 3.77. The Morgan fingerprint density at radius 3 is 2.67 bits per heavy atom. The second kappa shape index (κ2) is 2.14. The first kappa shape index (κ1) is 6.21. The van der Waals surface area contributed by atoms with Gasteiger partial charge in [-0.25, -0.2) is 0 Å². The molecule has 0 bridgehead atoms. The number of hydrogen-bond acceptors (Lipinski definition) is 4. The number of H-pyrrole nitrogens is 1. The predicted octanol–water partition coefficient (Wildman–Crippen LogP) is -0.876. The molecule has 50 valence electrons. The minimum absolute atomic E-state index is 0.125. The van der Waals surface area contributed by atoms with Gasteiger partial charge in [-0.3, -0.25) is 9.31 Å². The zero-order valence-corrected chi connectivity index (χ0v) is 5.60. The van der Waals surface area contributed by atoms with Gasteiger partial charge in [0.05, 0.1) is 10.8 Å². The lowest BCUT2D eigenvalue weighted by molar-refractivity contribution is 0.680. The molecule has 0 aliphatic heterocycles. The van der Waals surface area contributed by atoms with E-state index in [4.69, 9.17) is 5.73 Å². The van der Waals surface area contributed by atoms with E-state index >= 15 is 0 Å². The topological polar surface area (TPSA) is 84.7 Å². The molecular weight excluding hydrogens is 140 g/mol. The second-order valence-electron chi connectivity index (χ2n) is 1.45. The summed E-state index contributed by atoms with van der Waals surface area (Å²) >= 11 is 0. The van der Waals surface area contributed by atoms with Crippen LogP contribution >= 0.6 is 0 Å². The van der Waals surface area contributed by atoms with Gasteiger partial charge in [-0.15, -0.1) is 5.10 Å². The first-order chi connectivity index (χ1) is 4.20. The van der Waals surface area contributed by atoms with Crippen molar-refractivity contribution in [2.45, 2.75) is 5.16 Å². The van der Waals surface area contributed by atoms with Gasteiger partial charge < -0.3 is 5.73 Å². The third-order valence-corrected chi connectivity index (χ3v) is 1.48. The predicted molar refractivity (Wildman–Crippen MR) is 33.1 cm³/mol. The van der Waals surface area contributed by atoms with Crippen LogP contribution in [0.5, 0.6) is 0 Å². The lowest BCUT2D eigenvalue weighted by Crippen LogP contribution is -1.90. The highest BCUT2D eigenvalue weighted by molar-refractivity contribution is 7.84. The van der Waals surface area contributed by atoms with Crippen LogP contribution in [-0.2, 0) is 10.8 Å². The molecule has 0 radical (unpaired) electrons. The van der Waals surface area contributed by atoms with E-state index in [0.29, 0.717) is 5.16 Å². The molecule has 1 atom stereocenters. The zero-order valence-electron chi connectivity index (χ0n) is 4.79. The van der Waals surface area contributed by atoms with Crippen LogP contribution in [-0.4, -0.2) is 25.6 Å². The van der Waals surface area contributed by atoms with Crippen molar-refractivity contribution in [3.05, 3.63) is 0 Å². The van der Waals surface area contributed by atoms with Gasteiger partial charge in [0.15, 0.2) is 0 Å². The van der Waals surface area contributed by atoms with E-state index in [0.717, 1.165) is 0 Å². The lowest BCUT2D eigenvalue weighted by atomic mass is 11.1. The summed E-state index contributed by atoms with van der Waals surface area (Å²) in [6.07, 6.45) is 1.50. The third kappa shape index (κ3) is 1.26. The molecule has 0 amide bonds. The fraction of sp³-hybridized carbons (Fsp3) is 0.333. The van der Waals surface area contributed by atoms with Crippen LogP contribution in [0.15, 0.2) is 5.16 Å². The van der Waals surface area contributed by atoms with E-state index in [9.17, 15) is 4.21 Å². The molecule has 0 aliphatic rings. The van der Waals surface area contributed by atoms with Gasteiger partial charge in [0.2, 0.25) is 11.1 Å². The molecule has 0 aliphatic carbocycles. The van der Waals surface area contributed by atoms with Crippen molar-refractivity contribution in [3.8, 4) is 0 Å². The highest BCUT2D eigenvalue weighted by atomic mass is 32.2. The molecular formula is C3H6N4OS. The molecule has 1 heterocycles. The van der Waals surface area contributed by atoms with Crippen LogP contribution in [0, 0.1) is 0 Å². The van der Waals surface area contributed by atoms with Crippen molar-refractivity contribution in [2.75, 3.05) is 12.0 Å². The molecule has 0 unspecified atom stereocenters. The fourth-order valence-corrected chi connectivity index (χ4v) is 0.784. The van der Waals surface area contributed by atoms with E-state index in [1.165, 1.54) is 6.26 Å². The Morgan fingerprint density at radius 2 is 2.44 bits per heavy atom. The molecule has 0 saturated heterocycles. The molecule has 9 heavy (non-hydrogen) atoms. The van der Waals surface area contributed by atoms with Crippen molar-refractivity contribution in [3.63, 3.8) is 0 Å². The first-order valence-electron chi connectivity index (χ1n) is 2.21. The van der Waals surface area contributed by atoms with Crippen LogP contribution in [0.3, 0.4) is 0 Å². The maximum absolute atomic E-state index is 10.6. The Balaban J connectivity index is 2.98. The summed E-state index contributed by atoms with van der Waals surface area (Å²) in [7, 11) is -1.12. The Bertz CT molecular complexity index is 231. The van der Waals surface area contributed by atoms with Crippen molar-refractivity contribution in [1.29, 1.82) is 0 Å². The number of aromatic nitrogens is 3. The molecule has 3 N–H and O–H groups in total. The van der Waals surface area contributed by atoms with Crippen LogP contribution in [0.25, 0.3) is 0 Å². The van der Waals surface area contributed by atoms with Gasteiger partial charge in [0, 0.05) is 6.26 Å². The lowest BCUT2D eigenvalue weighted by Gasteiger charge is -1.80. The molecule has 1 aromatic rings. The van der Waals surface area contributed by atoms with Crippen LogP contribution in [0.1, 0.15) is 0 Å². The van der Waals surface area contributed by atoms with E-state index in [2.05, 4.69) is 15.2 Å². The number of nitrogens with zero attached hydrogens (tertiary/aromatic N) is 2. The van der Waals surface area contributed by atoms with E-state index < -0.39 is 10.8 Å². The minimum atomic E-state index is -1.12. The molecule has 1 rings (SSSR count). The largest absolute Gasteiger partial charge is 0.366 e. The van der Waals surface area contributed by atoms with Crippen molar-refractivity contribution in [2.24, 2.45) is 0 Å². The number of nitrogens with one attached hydrogen (secondary N) is 1. The quantitative estimate of drug-likeness (QED) is 0.539. The molecule has 6 heteroatoms. The standard InChI is InChI=1S/C3H6N4OS/c1-9(8)3-5-2(4)6-7-3/h1H3,(H3,4,5,6,7)/t9-/m1/s1. The average Bonchev–Trinajstić information content (AvgIpc) is 2.14. The number of nitrogens with two attached hydrogens (primary N) is 1. The number of rotatable bonds is 1. The zero-order chi connectivity index (χ0) is 6.85. The monoisotopic (exact) mass is 146 g/mol. The molecule has 5 nitrogen and oxygen atoms in total. The van der Waals surface area contributed by atoms with Crippen LogP contribution < -0.4 is 5.73 Å². The van der Waals surface area contributed by atoms with Crippen molar-refractivity contribution in [1.82, 2.24) is 15.2 Å². The highest BCUT2D eigenvalue weighted by Gasteiger charge is 2.00. The summed E-state index contributed by atoms with van der Waals surface area (Å²) in [5.41, 5.74) is 5.13. The van der Waals surface area contributed by atoms with Gasteiger partial charge in [0.1, 0.15) is 0 Å². The number of nitrogen functional groups attached to an aromatic ring is 1. The Kier molecular flexibility index (Phi) is 1.48.